The largest absolute Gasteiger partial charge is 0.264 e. The molecule has 0 saturated heterocycles. The van der Waals surface area contributed by atoms with Gasteiger partial charge in [0.2, 0.25) is 0 Å². The van der Waals surface area contributed by atoms with E-state index in [9.17, 15) is 8.42 Å². The van der Waals surface area contributed by atoms with Gasteiger partial charge in [-0.25, -0.2) is 18.4 Å². The molecule has 1 aliphatic rings. The molecule has 3 aromatic heterocycles. The van der Waals surface area contributed by atoms with Gasteiger partial charge in [-0.15, -0.1) is 11.3 Å². The van der Waals surface area contributed by atoms with Crippen LogP contribution in [0, 0.1) is 0 Å². The SMILES string of the molecule is CS(=O)(=O)c1ccccc1Sc1nc(-c2cccnc2)nc2sc3c(c12)CCC3. The summed E-state index contributed by atoms with van der Waals surface area (Å²) >= 11 is 3.13. The fourth-order valence-electron chi connectivity index (χ4n) is 3.61. The third kappa shape index (κ3) is 3.45. The second-order valence-electron chi connectivity index (χ2n) is 6.95. The zero-order valence-corrected chi connectivity index (χ0v) is 18.1. The summed E-state index contributed by atoms with van der Waals surface area (Å²) in [6, 6.07) is 10.9. The molecule has 0 saturated carbocycles. The number of hydrogen-bond acceptors (Lipinski definition) is 7. The minimum Gasteiger partial charge on any atom is -0.264 e. The lowest BCUT2D eigenvalue weighted by atomic mass is 10.2. The maximum atomic E-state index is 12.3. The molecule has 0 fully saturated rings. The predicted octanol–water partition coefficient (Wildman–Crippen LogP) is 4.80. The summed E-state index contributed by atoms with van der Waals surface area (Å²) in [6.45, 7) is 0. The highest BCUT2D eigenvalue weighted by molar-refractivity contribution is 8.00. The van der Waals surface area contributed by atoms with Gasteiger partial charge < -0.3 is 0 Å². The van der Waals surface area contributed by atoms with Crippen LogP contribution in [-0.2, 0) is 22.7 Å². The third-order valence-corrected chi connectivity index (χ3v) is 8.44. The first-order valence-corrected chi connectivity index (χ1v) is 12.7. The van der Waals surface area contributed by atoms with E-state index >= 15 is 0 Å². The molecule has 5 rings (SSSR count). The van der Waals surface area contributed by atoms with Crippen LogP contribution in [0.15, 0.2) is 63.6 Å². The first-order chi connectivity index (χ1) is 14.0. The number of rotatable bonds is 4. The summed E-state index contributed by atoms with van der Waals surface area (Å²) in [4.78, 5) is 17.2. The zero-order valence-electron chi connectivity index (χ0n) is 15.6. The van der Waals surface area contributed by atoms with E-state index in [-0.39, 0.29) is 0 Å². The minimum absolute atomic E-state index is 0.326. The summed E-state index contributed by atoms with van der Waals surface area (Å²) in [6.07, 6.45) is 7.95. The van der Waals surface area contributed by atoms with Crippen molar-refractivity contribution in [1.82, 2.24) is 15.0 Å². The van der Waals surface area contributed by atoms with Crippen molar-refractivity contribution in [2.45, 2.75) is 34.1 Å². The van der Waals surface area contributed by atoms with Gasteiger partial charge in [0.25, 0.3) is 0 Å². The first-order valence-electron chi connectivity index (χ1n) is 9.20. The molecule has 0 spiro atoms. The lowest BCUT2D eigenvalue weighted by molar-refractivity contribution is 0.600. The van der Waals surface area contributed by atoms with E-state index in [1.807, 2.05) is 24.3 Å². The van der Waals surface area contributed by atoms with Gasteiger partial charge in [-0.1, -0.05) is 23.9 Å². The van der Waals surface area contributed by atoms with Crippen LogP contribution < -0.4 is 0 Å². The van der Waals surface area contributed by atoms with Crippen LogP contribution in [0.5, 0.6) is 0 Å². The van der Waals surface area contributed by atoms with E-state index in [4.69, 9.17) is 9.97 Å². The molecule has 0 unspecified atom stereocenters. The molecule has 29 heavy (non-hydrogen) atoms. The van der Waals surface area contributed by atoms with E-state index in [1.54, 1.807) is 35.9 Å². The fourth-order valence-corrected chi connectivity index (χ4v) is 7.25. The number of sulfone groups is 1. The third-order valence-electron chi connectivity index (χ3n) is 4.91. The Morgan fingerprint density at radius 3 is 2.72 bits per heavy atom. The van der Waals surface area contributed by atoms with E-state index in [0.29, 0.717) is 15.6 Å². The van der Waals surface area contributed by atoms with Crippen LogP contribution in [-0.4, -0.2) is 29.6 Å². The second kappa shape index (κ2) is 7.19. The number of nitrogens with zero attached hydrogens (tertiary/aromatic N) is 3. The van der Waals surface area contributed by atoms with E-state index < -0.39 is 9.84 Å². The van der Waals surface area contributed by atoms with Crippen molar-refractivity contribution in [2.75, 3.05) is 6.26 Å². The number of hydrogen-bond donors (Lipinski definition) is 0. The molecule has 0 radical (unpaired) electrons. The highest BCUT2D eigenvalue weighted by Gasteiger charge is 2.24. The van der Waals surface area contributed by atoms with Crippen molar-refractivity contribution in [1.29, 1.82) is 0 Å². The average molecular weight is 440 g/mol. The lowest BCUT2D eigenvalue weighted by Gasteiger charge is -2.10. The molecule has 8 heteroatoms. The quantitative estimate of drug-likeness (QED) is 0.426. The van der Waals surface area contributed by atoms with Crippen molar-refractivity contribution >= 4 is 43.2 Å². The van der Waals surface area contributed by atoms with Crippen molar-refractivity contribution in [3.8, 4) is 11.4 Å². The number of benzene rings is 1. The maximum Gasteiger partial charge on any atom is 0.176 e. The molecule has 0 atom stereocenters. The standard InChI is InChI=1S/C21H17N3O2S3/c1-29(25,26)17-10-3-2-8-16(17)28-21-18-14-7-4-9-15(14)27-20(18)23-19(24-21)13-6-5-11-22-12-13/h2-3,5-6,8,10-12H,4,7,9H2,1H3. The van der Waals surface area contributed by atoms with Crippen LogP contribution in [0.25, 0.3) is 21.6 Å². The number of aromatic nitrogens is 3. The van der Waals surface area contributed by atoms with Gasteiger partial charge in [-0.2, -0.15) is 0 Å². The summed E-state index contributed by atoms with van der Waals surface area (Å²) < 4.78 is 24.6. The number of fused-ring (bicyclic) bond motifs is 3. The minimum atomic E-state index is -3.34. The normalized spacial score (nSPS) is 13.7. The maximum absolute atomic E-state index is 12.3. The van der Waals surface area contributed by atoms with E-state index in [1.165, 1.54) is 28.5 Å². The molecule has 3 heterocycles. The first kappa shape index (κ1) is 18.7. The van der Waals surface area contributed by atoms with Crippen molar-refractivity contribution in [3.63, 3.8) is 0 Å². The Kier molecular flexibility index (Phi) is 4.64. The number of aryl methyl sites for hydroxylation is 2. The number of thiophene rings is 1. The molecule has 0 aliphatic heterocycles. The van der Waals surface area contributed by atoms with Gasteiger partial charge in [0.05, 0.1) is 4.90 Å². The van der Waals surface area contributed by atoms with Crippen molar-refractivity contribution in [3.05, 3.63) is 59.2 Å². The fraction of sp³-hybridized carbons (Fsp3) is 0.190. The Morgan fingerprint density at radius 2 is 1.93 bits per heavy atom. The van der Waals surface area contributed by atoms with Gasteiger partial charge in [-0.3, -0.25) is 4.98 Å². The highest BCUT2D eigenvalue weighted by Crippen LogP contribution is 2.44. The summed E-state index contributed by atoms with van der Waals surface area (Å²) in [7, 11) is -3.34. The van der Waals surface area contributed by atoms with Crippen LogP contribution in [0.3, 0.4) is 0 Å². The Bertz CT molecular complexity index is 1330. The van der Waals surface area contributed by atoms with Crippen LogP contribution in [0.2, 0.25) is 0 Å². The Hall–Kier alpha value is -2.29. The molecule has 0 N–H and O–H groups in total. The zero-order chi connectivity index (χ0) is 20.0. The smallest absolute Gasteiger partial charge is 0.176 e. The van der Waals surface area contributed by atoms with Gasteiger partial charge in [0.1, 0.15) is 9.86 Å². The van der Waals surface area contributed by atoms with E-state index in [0.717, 1.165) is 40.1 Å². The number of pyridine rings is 1. The van der Waals surface area contributed by atoms with Gasteiger partial charge in [-0.05, 0) is 49.1 Å². The molecule has 1 aromatic carbocycles. The Labute approximate surface area is 177 Å². The summed E-state index contributed by atoms with van der Waals surface area (Å²) in [5.74, 6) is 0.616. The van der Waals surface area contributed by atoms with Crippen LogP contribution >= 0.6 is 23.1 Å². The molecule has 4 aromatic rings. The molecule has 0 amide bonds. The van der Waals surface area contributed by atoms with Gasteiger partial charge in [0.15, 0.2) is 15.7 Å². The average Bonchev–Trinajstić information content (AvgIpc) is 3.29. The topological polar surface area (TPSA) is 72.8 Å². The highest BCUT2D eigenvalue weighted by atomic mass is 32.2. The lowest BCUT2D eigenvalue weighted by Crippen LogP contribution is -2.00. The van der Waals surface area contributed by atoms with E-state index in [2.05, 4.69) is 4.98 Å². The van der Waals surface area contributed by atoms with Gasteiger partial charge >= 0.3 is 0 Å². The van der Waals surface area contributed by atoms with Crippen molar-refractivity contribution in [2.24, 2.45) is 0 Å². The monoisotopic (exact) mass is 439 g/mol. The predicted molar refractivity (Wildman–Crippen MR) is 116 cm³/mol. The molecule has 0 bridgehead atoms. The molecule has 5 nitrogen and oxygen atoms in total. The summed E-state index contributed by atoms with van der Waals surface area (Å²) in [5, 5.41) is 1.88. The van der Waals surface area contributed by atoms with Crippen molar-refractivity contribution < 1.29 is 8.42 Å². The van der Waals surface area contributed by atoms with Crippen LogP contribution in [0.1, 0.15) is 16.9 Å². The molecular formula is C21H17N3O2S3. The summed E-state index contributed by atoms with van der Waals surface area (Å²) in [5.41, 5.74) is 2.17. The van der Waals surface area contributed by atoms with Crippen LogP contribution in [0.4, 0.5) is 0 Å². The van der Waals surface area contributed by atoms with Gasteiger partial charge in [0, 0.05) is 39.4 Å². The second-order valence-corrected chi connectivity index (χ2v) is 11.1. The molecular weight excluding hydrogens is 422 g/mol. The molecule has 1 aliphatic carbocycles. The molecule has 146 valence electrons. The Morgan fingerprint density at radius 1 is 1.07 bits per heavy atom. The Balaban J connectivity index is 1.73.